The summed E-state index contributed by atoms with van der Waals surface area (Å²) in [5.41, 5.74) is 0.500. The second-order valence-corrected chi connectivity index (χ2v) is 6.41. The molecule has 26 heavy (non-hydrogen) atoms. The fourth-order valence-electron chi connectivity index (χ4n) is 2.40. The molecule has 1 heterocycles. The molecule has 3 rings (SSSR count). The summed E-state index contributed by atoms with van der Waals surface area (Å²) in [6, 6.07) is 13.8. The first kappa shape index (κ1) is 18.0. The zero-order valence-electron chi connectivity index (χ0n) is 13.8. The number of hydrogen-bond donors (Lipinski definition) is 0. The highest BCUT2D eigenvalue weighted by molar-refractivity contribution is 9.10. The van der Waals surface area contributed by atoms with Crippen LogP contribution in [0.1, 0.15) is 10.4 Å². The van der Waals surface area contributed by atoms with E-state index in [2.05, 4.69) is 21.0 Å². The largest absolute Gasteiger partial charge is 0.497 e. The molecule has 0 N–H and O–H groups in total. The summed E-state index contributed by atoms with van der Waals surface area (Å²) in [4.78, 5) is 24.4. The predicted octanol–water partition coefficient (Wildman–Crippen LogP) is 3.70. The molecule has 0 atom stereocenters. The Bertz CT molecular complexity index is 1020. The number of methoxy groups -OCH3 is 1. The van der Waals surface area contributed by atoms with Gasteiger partial charge in [0.05, 0.1) is 12.8 Å². The lowest BCUT2D eigenvalue weighted by molar-refractivity contribution is 0.0966. The molecular weight excluding hydrogens is 403 g/mol. The molecule has 0 amide bonds. The van der Waals surface area contributed by atoms with Gasteiger partial charge in [-0.3, -0.25) is 9.59 Å². The maximum absolute atomic E-state index is 14.2. The van der Waals surface area contributed by atoms with Gasteiger partial charge in [-0.15, -0.1) is 0 Å². The number of nitrogens with zero attached hydrogens (tertiary/aromatic N) is 2. The standard InChI is InChI=1S/C19H14BrFN2O3/c1-26-14-6-7-15(16(21)10-14)17-8-9-19(25)23(22-17)11-18(24)12-2-4-13(20)5-3-12/h2-10H,11H2,1H3. The van der Waals surface area contributed by atoms with E-state index in [1.807, 2.05) is 0 Å². The zero-order chi connectivity index (χ0) is 18.7. The maximum Gasteiger partial charge on any atom is 0.267 e. The second kappa shape index (κ2) is 7.61. The quantitative estimate of drug-likeness (QED) is 0.594. The van der Waals surface area contributed by atoms with Crippen molar-refractivity contribution >= 4 is 21.7 Å². The normalized spacial score (nSPS) is 10.6. The summed E-state index contributed by atoms with van der Waals surface area (Å²) in [6.45, 7) is -0.230. The van der Waals surface area contributed by atoms with Crippen LogP contribution in [0.4, 0.5) is 4.39 Å². The molecule has 7 heteroatoms. The fraction of sp³-hybridized carbons (Fsp3) is 0.105. The monoisotopic (exact) mass is 416 g/mol. The van der Waals surface area contributed by atoms with Crippen molar-refractivity contribution < 1.29 is 13.9 Å². The minimum atomic E-state index is -0.527. The molecule has 0 aliphatic heterocycles. The van der Waals surface area contributed by atoms with Crippen LogP contribution in [0.15, 0.2) is 63.9 Å². The lowest BCUT2D eigenvalue weighted by atomic mass is 10.1. The molecule has 0 spiro atoms. The van der Waals surface area contributed by atoms with Crippen molar-refractivity contribution in [1.29, 1.82) is 0 Å². The van der Waals surface area contributed by atoms with Crippen molar-refractivity contribution in [2.75, 3.05) is 7.11 Å². The van der Waals surface area contributed by atoms with E-state index >= 15 is 0 Å². The van der Waals surface area contributed by atoms with Crippen LogP contribution >= 0.6 is 15.9 Å². The van der Waals surface area contributed by atoms with Crippen LogP contribution in [0.5, 0.6) is 5.75 Å². The molecule has 3 aromatic rings. The van der Waals surface area contributed by atoms with Gasteiger partial charge in [-0.05, 0) is 30.3 Å². The highest BCUT2D eigenvalue weighted by atomic mass is 79.9. The number of ether oxygens (including phenoxy) is 1. The number of halogens is 2. The number of hydrogen-bond acceptors (Lipinski definition) is 4. The molecule has 0 aliphatic carbocycles. The maximum atomic E-state index is 14.2. The minimum absolute atomic E-state index is 0.218. The van der Waals surface area contributed by atoms with E-state index in [1.54, 1.807) is 30.3 Å². The van der Waals surface area contributed by atoms with Gasteiger partial charge in [0.15, 0.2) is 5.78 Å². The van der Waals surface area contributed by atoms with Crippen molar-refractivity contribution in [3.8, 4) is 17.0 Å². The average Bonchev–Trinajstić information content (AvgIpc) is 2.64. The Hall–Kier alpha value is -2.80. The first-order chi connectivity index (χ1) is 12.5. The van der Waals surface area contributed by atoms with Gasteiger partial charge in [0, 0.05) is 27.7 Å². The number of benzene rings is 2. The molecule has 0 aliphatic rings. The first-order valence-corrected chi connectivity index (χ1v) is 8.48. The summed E-state index contributed by atoms with van der Waals surface area (Å²) < 4.78 is 21.1. The van der Waals surface area contributed by atoms with Gasteiger partial charge in [-0.2, -0.15) is 5.10 Å². The molecule has 132 valence electrons. The number of Topliss-reactive ketones (excluding diaryl/α,β-unsaturated/α-hetero) is 1. The Balaban J connectivity index is 1.92. The van der Waals surface area contributed by atoms with Crippen LogP contribution in [0, 0.1) is 5.82 Å². The van der Waals surface area contributed by atoms with E-state index in [4.69, 9.17) is 4.74 Å². The highest BCUT2D eigenvalue weighted by Crippen LogP contribution is 2.24. The number of ketones is 1. The van der Waals surface area contributed by atoms with E-state index in [-0.39, 0.29) is 23.6 Å². The van der Waals surface area contributed by atoms with E-state index in [9.17, 15) is 14.0 Å². The summed E-state index contributed by atoms with van der Waals surface area (Å²) >= 11 is 3.30. The second-order valence-electron chi connectivity index (χ2n) is 5.49. The van der Waals surface area contributed by atoms with Crippen LogP contribution in [-0.2, 0) is 6.54 Å². The fourth-order valence-corrected chi connectivity index (χ4v) is 2.66. The van der Waals surface area contributed by atoms with E-state index in [1.165, 1.54) is 31.4 Å². The Morgan fingerprint density at radius 1 is 1.15 bits per heavy atom. The van der Waals surface area contributed by atoms with Crippen molar-refractivity contribution in [3.63, 3.8) is 0 Å². The SMILES string of the molecule is COc1ccc(-c2ccc(=O)n(CC(=O)c3ccc(Br)cc3)n2)c(F)c1. The van der Waals surface area contributed by atoms with Crippen LogP contribution in [0.3, 0.4) is 0 Å². The lowest BCUT2D eigenvalue weighted by Gasteiger charge is -2.08. The molecule has 0 radical (unpaired) electrons. The molecule has 0 saturated carbocycles. The van der Waals surface area contributed by atoms with Gasteiger partial charge in [-0.25, -0.2) is 9.07 Å². The van der Waals surface area contributed by atoms with Gasteiger partial charge in [0.25, 0.3) is 5.56 Å². The first-order valence-electron chi connectivity index (χ1n) is 7.69. The van der Waals surface area contributed by atoms with Gasteiger partial charge >= 0.3 is 0 Å². The molecule has 1 aromatic heterocycles. The van der Waals surface area contributed by atoms with Crippen molar-refractivity contribution in [3.05, 3.63) is 80.8 Å². The summed E-state index contributed by atoms with van der Waals surface area (Å²) in [5, 5.41) is 4.14. The third kappa shape index (κ3) is 3.88. The van der Waals surface area contributed by atoms with Crippen LogP contribution in [0.25, 0.3) is 11.3 Å². The molecule has 0 bridgehead atoms. The van der Waals surface area contributed by atoms with Crippen molar-refractivity contribution in [2.24, 2.45) is 0 Å². The van der Waals surface area contributed by atoms with Gasteiger partial charge in [0.1, 0.15) is 18.1 Å². The summed E-state index contributed by atoms with van der Waals surface area (Å²) in [6.07, 6.45) is 0. The minimum Gasteiger partial charge on any atom is -0.497 e. The third-order valence-electron chi connectivity index (χ3n) is 3.78. The molecule has 0 fully saturated rings. The topological polar surface area (TPSA) is 61.2 Å². The number of aromatic nitrogens is 2. The summed E-state index contributed by atoms with van der Waals surface area (Å²) in [7, 11) is 1.45. The molecule has 5 nitrogen and oxygen atoms in total. The van der Waals surface area contributed by atoms with E-state index < -0.39 is 11.4 Å². The lowest BCUT2D eigenvalue weighted by Crippen LogP contribution is -2.26. The number of rotatable bonds is 5. The smallest absolute Gasteiger partial charge is 0.267 e. The van der Waals surface area contributed by atoms with Crippen molar-refractivity contribution in [1.82, 2.24) is 9.78 Å². The highest BCUT2D eigenvalue weighted by Gasteiger charge is 2.13. The van der Waals surface area contributed by atoms with E-state index in [0.717, 1.165) is 9.15 Å². The average molecular weight is 417 g/mol. The predicted molar refractivity (Wildman–Crippen MR) is 98.9 cm³/mol. The van der Waals surface area contributed by atoms with Gasteiger partial charge < -0.3 is 4.74 Å². The molecule has 0 saturated heterocycles. The summed E-state index contributed by atoms with van der Waals surface area (Å²) in [5.74, 6) is -0.411. The van der Waals surface area contributed by atoms with Gasteiger partial charge in [0.2, 0.25) is 0 Å². The molecular formula is C19H14BrFN2O3. The van der Waals surface area contributed by atoms with E-state index in [0.29, 0.717) is 11.3 Å². The van der Waals surface area contributed by atoms with Gasteiger partial charge in [-0.1, -0.05) is 28.1 Å². The molecule has 0 unspecified atom stereocenters. The number of carbonyl (C=O) groups excluding carboxylic acids is 1. The van der Waals surface area contributed by atoms with Crippen molar-refractivity contribution in [2.45, 2.75) is 6.54 Å². The third-order valence-corrected chi connectivity index (χ3v) is 4.31. The molecule has 2 aromatic carbocycles. The van der Waals surface area contributed by atoms with Crippen LogP contribution < -0.4 is 10.3 Å². The van der Waals surface area contributed by atoms with Crippen LogP contribution in [0.2, 0.25) is 0 Å². The number of carbonyl (C=O) groups is 1. The Morgan fingerprint density at radius 3 is 2.54 bits per heavy atom. The Labute approximate surface area is 157 Å². The zero-order valence-corrected chi connectivity index (χ0v) is 15.4. The Morgan fingerprint density at radius 2 is 1.88 bits per heavy atom. The van der Waals surface area contributed by atoms with Crippen LogP contribution in [-0.4, -0.2) is 22.7 Å². The Kier molecular flexibility index (Phi) is 5.27.